The highest BCUT2D eigenvalue weighted by Gasteiger charge is 2.06. The number of nitrogens with one attached hydrogen (secondary N) is 1. The molecule has 0 unspecified atom stereocenters. The Bertz CT molecular complexity index is 732. The Morgan fingerprint density at radius 1 is 1.35 bits per heavy atom. The summed E-state index contributed by atoms with van der Waals surface area (Å²) >= 11 is 0. The first-order valence-electron chi connectivity index (χ1n) is 6.02. The van der Waals surface area contributed by atoms with Crippen LogP contribution in [0.25, 0.3) is 11.0 Å². The zero-order valence-corrected chi connectivity index (χ0v) is 11.5. The molecule has 0 aliphatic heterocycles. The summed E-state index contributed by atoms with van der Waals surface area (Å²) in [7, 11) is 3.75. The van der Waals surface area contributed by atoms with Crippen molar-refractivity contribution in [3.8, 4) is 0 Å². The van der Waals surface area contributed by atoms with Crippen LogP contribution < -0.4 is 10.9 Å². The Morgan fingerprint density at radius 2 is 2.10 bits per heavy atom. The molecule has 0 atom stereocenters. The number of hydrogen-bond acceptors (Lipinski definition) is 4. The van der Waals surface area contributed by atoms with E-state index in [1.807, 2.05) is 19.0 Å². The van der Waals surface area contributed by atoms with E-state index in [1.54, 1.807) is 30.6 Å². The van der Waals surface area contributed by atoms with Gasteiger partial charge >= 0.3 is 5.63 Å². The van der Waals surface area contributed by atoms with E-state index in [0.717, 1.165) is 5.69 Å². The minimum Gasteiger partial charge on any atom is -0.421 e. The van der Waals surface area contributed by atoms with E-state index in [1.165, 1.54) is 6.92 Å². The van der Waals surface area contributed by atoms with Crippen LogP contribution in [0.1, 0.15) is 6.92 Å². The third kappa shape index (κ3) is 3.23. The van der Waals surface area contributed by atoms with Crippen molar-refractivity contribution in [2.45, 2.75) is 6.92 Å². The molecule has 0 saturated carbocycles. The molecule has 104 valence electrons. The van der Waals surface area contributed by atoms with Gasteiger partial charge in [-0.3, -0.25) is 4.79 Å². The maximum atomic E-state index is 11.7. The van der Waals surface area contributed by atoms with Crippen LogP contribution in [0.5, 0.6) is 0 Å². The van der Waals surface area contributed by atoms with Gasteiger partial charge < -0.3 is 14.6 Å². The third-order valence-corrected chi connectivity index (χ3v) is 2.46. The van der Waals surface area contributed by atoms with Crippen LogP contribution in [0.4, 0.5) is 11.4 Å². The molecule has 20 heavy (non-hydrogen) atoms. The average Bonchev–Trinajstić information content (AvgIpc) is 2.36. The van der Waals surface area contributed by atoms with E-state index in [2.05, 4.69) is 10.3 Å². The van der Waals surface area contributed by atoms with Gasteiger partial charge in [0.2, 0.25) is 5.91 Å². The van der Waals surface area contributed by atoms with Crippen molar-refractivity contribution >= 4 is 34.6 Å². The van der Waals surface area contributed by atoms with Crippen LogP contribution in [0.3, 0.4) is 0 Å². The fourth-order valence-corrected chi connectivity index (χ4v) is 1.65. The number of rotatable bonds is 3. The number of anilines is 1. The minimum absolute atomic E-state index is 0.124. The first-order chi connectivity index (χ1) is 9.45. The summed E-state index contributed by atoms with van der Waals surface area (Å²) < 4.78 is 5.14. The van der Waals surface area contributed by atoms with Gasteiger partial charge in [0.25, 0.3) is 0 Å². The van der Waals surface area contributed by atoms with Crippen LogP contribution in [-0.4, -0.2) is 31.2 Å². The van der Waals surface area contributed by atoms with Crippen LogP contribution in [0.15, 0.2) is 38.5 Å². The molecule has 1 heterocycles. The van der Waals surface area contributed by atoms with Crippen LogP contribution in [0, 0.1) is 0 Å². The molecule has 1 aromatic carbocycles. The van der Waals surface area contributed by atoms with Crippen molar-refractivity contribution in [1.82, 2.24) is 4.90 Å². The van der Waals surface area contributed by atoms with Gasteiger partial charge in [-0.2, -0.15) is 0 Å². The van der Waals surface area contributed by atoms with Crippen molar-refractivity contribution in [2.24, 2.45) is 4.99 Å². The summed E-state index contributed by atoms with van der Waals surface area (Å²) in [6, 6.07) is 6.79. The number of carbonyl (C=O) groups excluding carboxylic acids is 1. The highest BCUT2D eigenvalue weighted by Crippen LogP contribution is 2.22. The van der Waals surface area contributed by atoms with Gasteiger partial charge in [-0.05, 0) is 24.3 Å². The second-order valence-corrected chi connectivity index (χ2v) is 4.56. The Balaban J connectivity index is 2.47. The molecular formula is C14H15N3O3. The predicted molar refractivity (Wildman–Crippen MR) is 78.6 cm³/mol. The van der Waals surface area contributed by atoms with Crippen molar-refractivity contribution in [2.75, 3.05) is 19.4 Å². The molecule has 2 aromatic rings. The van der Waals surface area contributed by atoms with E-state index in [0.29, 0.717) is 11.0 Å². The number of fused-ring (bicyclic) bond motifs is 1. The van der Waals surface area contributed by atoms with Gasteiger partial charge in [0.1, 0.15) is 11.3 Å². The number of carbonyl (C=O) groups is 1. The molecule has 0 spiro atoms. The molecule has 0 aliphatic carbocycles. The first-order valence-corrected chi connectivity index (χ1v) is 6.02. The monoisotopic (exact) mass is 273 g/mol. The summed E-state index contributed by atoms with van der Waals surface area (Å²) in [5.41, 5.74) is 0.734. The number of hydrogen-bond donors (Lipinski definition) is 1. The van der Waals surface area contributed by atoms with E-state index in [4.69, 9.17) is 4.42 Å². The highest BCUT2D eigenvalue weighted by molar-refractivity contribution is 5.91. The number of nitrogens with zero attached hydrogens (tertiary/aromatic N) is 2. The highest BCUT2D eigenvalue weighted by atomic mass is 16.4. The lowest BCUT2D eigenvalue weighted by Gasteiger charge is -2.04. The van der Waals surface area contributed by atoms with Gasteiger partial charge in [-0.25, -0.2) is 9.79 Å². The molecule has 6 nitrogen and oxygen atoms in total. The van der Waals surface area contributed by atoms with Gasteiger partial charge in [0, 0.05) is 26.4 Å². The number of amides is 1. The first kappa shape index (κ1) is 13.8. The molecule has 0 bridgehead atoms. The van der Waals surface area contributed by atoms with E-state index >= 15 is 0 Å². The summed E-state index contributed by atoms with van der Waals surface area (Å²) in [6.07, 6.45) is 1.68. The molecule has 0 saturated heterocycles. The third-order valence-electron chi connectivity index (χ3n) is 2.46. The predicted octanol–water partition coefficient (Wildman–Crippen LogP) is 1.97. The van der Waals surface area contributed by atoms with E-state index < -0.39 is 5.63 Å². The Kier molecular flexibility index (Phi) is 3.84. The molecule has 1 amide bonds. The van der Waals surface area contributed by atoms with Crippen molar-refractivity contribution in [1.29, 1.82) is 0 Å². The summed E-state index contributed by atoms with van der Waals surface area (Å²) in [5.74, 6) is -0.321. The molecule has 0 radical (unpaired) electrons. The van der Waals surface area contributed by atoms with Gasteiger partial charge in [-0.1, -0.05) is 0 Å². The Morgan fingerprint density at radius 3 is 2.75 bits per heavy atom. The molecule has 1 aromatic heterocycles. The van der Waals surface area contributed by atoms with Gasteiger partial charge in [-0.15, -0.1) is 0 Å². The molecule has 0 fully saturated rings. The maximum absolute atomic E-state index is 11.7. The summed E-state index contributed by atoms with van der Waals surface area (Å²) in [4.78, 5) is 28.8. The van der Waals surface area contributed by atoms with Crippen LogP contribution in [-0.2, 0) is 4.79 Å². The van der Waals surface area contributed by atoms with Gasteiger partial charge in [0.05, 0.1) is 12.0 Å². The standard InChI is InChI=1S/C14H15N3O3/c1-9(18)16-12-7-10-6-11(15-8-17(2)3)4-5-13(10)20-14(12)19/h4-8H,1-3H3,(H,16,18). The lowest BCUT2D eigenvalue weighted by atomic mass is 10.2. The molecule has 6 heteroatoms. The second-order valence-electron chi connectivity index (χ2n) is 4.56. The SMILES string of the molecule is CC(=O)Nc1cc2cc(N=CN(C)C)ccc2oc1=O. The van der Waals surface area contributed by atoms with Crippen LogP contribution in [0.2, 0.25) is 0 Å². The quantitative estimate of drug-likeness (QED) is 0.527. The largest absolute Gasteiger partial charge is 0.421 e. The summed E-state index contributed by atoms with van der Waals surface area (Å²) in [6.45, 7) is 1.33. The summed E-state index contributed by atoms with van der Waals surface area (Å²) in [5, 5.41) is 3.14. The molecule has 1 N–H and O–H groups in total. The fourth-order valence-electron chi connectivity index (χ4n) is 1.65. The zero-order chi connectivity index (χ0) is 14.7. The van der Waals surface area contributed by atoms with E-state index in [-0.39, 0.29) is 11.6 Å². The lowest BCUT2D eigenvalue weighted by molar-refractivity contribution is -0.114. The van der Waals surface area contributed by atoms with Gasteiger partial charge in [0.15, 0.2) is 0 Å². The number of benzene rings is 1. The minimum atomic E-state index is -0.572. The van der Waals surface area contributed by atoms with Crippen LogP contribution >= 0.6 is 0 Å². The second kappa shape index (κ2) is 5.56. The maximum Gasteiger partial charge on any atom is 0.360 e. The van der Waals surface area contributed by atoms with Crippen molar-refractivity contribution in [3.63, 3.8) is 0 Å². The smallest absolute Gasteiger partial charge is 0.360 e. The van der Waals surface area contributed by atoms with E-state index in [9.17, 15) is 9.59 Å². The molecule has 2 rings (SSSR count). The topological polar surface area (TPSA) is 74.9 Å². The van der Waals surface area contributed by atoms with Crippen molar-refractivity contribution < 1.29 is 9.21 Å². The fraction of sp³-hybridized carbons (Fsp3) is 0.214. The zero-order valence-electron chi connectivity index (χ0n) is 11.5. The average molecular weight is 273 g/mol. The lowest BCUT2D eigenvalue weighted by Crippen LogP contribution is -2.14. The van der Waals surface area contributed by atoms with Crippen molar-refractivity contribution in [3.05, 3.63) is 34.7 Å². The molecule has 0 aliphatic rings. The normalized spacial score (nSPS) is 10.9. The Hall–Kier alpha value is -2.63. The molecular weight excluding hydrogens is 258 g/mol. The Labute approximate surface area is 115 Å². The number of aliphatic imine (C=N–C) groups is 1.